The third-order valence-electron chi connectivity index (χ3n) is 2.63. The Bertz CT molecular complexity index is 158. The molecule has 1 heterocycles. The highest BCUT2D eigenvalue weighted by molar-refractivity contribution is 4.91. The first kappa shape index (κ1) is 11.0. The molecule has 1 aliphatic heterocycles. The van der Waals surface area contributed by atoms with Crippen LogP contribution in [-0.2, 0) is 4.74 Å². The molecular weight excluding hydrogens is 168 g/mol. The molecule has 0 aromatic heterocycles. The van der Waals surface area contributed by atoms with Crippen molar-refractivity contribution in [1.29, 1.82) is 0 Å². The molecule has 0 spiro atoms. The van der Waals surface area contributed by atoms with E-state index in [4.69, 9.17) is 4.74 Å². The molecule has 0 aliphatic carbocycles. The van der Waals surface area contributed by atoms with Crippen LogP contribution in [0.4, 0.5) is 0 Å². The SMILES string of the molecule is CCCC1OC(C(C)C)C(O)C1O. The first-order chi connectivity index (χ1) is 6.07. The van der Waals surface area contributed by atoms with Gasteiger partial charge in [0.1, 0.15) is 12.2 Å². The van der Waals surface area contributed by atoms with Crippen molar-refractivity contribution in [3.63, 3.8) is 0 Å². The summed E-state index contributed by atoms with van der Waals surface area (Å²) in [6.45, 7) is 6.04. The molecule has 1 aliphatic rings. The molecule has 0 bridgehead atoms. The summed E-state index contributed by atoms with van der Waals surface area (Å²) in [5.41, 5.74) is 0. The molecular formula is C10H20O3. The van der Waals surface area contributed by atoms with E-state index in [1.165, 1.54) is 0 Å². The van der Waals surface area contributed by atoms with E-state index in [2.05, 4.69) is 0 Å². The zero-order chi connectivity index (χ0) is 10.0. The fourth-order valence-corrected chi connectivity index (χ4v) is 1.85. The first-order valence-corrected chi connectivity index (χ1v) is 5.09. The zero-order valence-corrected chi connectivity index (χ0v) is 8.60. The molecule has 0 saturated carbocycles. The minimum Gasteiger partial charge on any atom is -0.388 e. The Labute approximate surface area is 79.7 Å². The third kappa shape index (κ3) is 2.22. The van der Waals surface area contributed by atoms with Crippen molar-refractivity contribution >= 4 is 0 Å². The number of aliphatic hydroxyl groups is 2. The van der Waals surface area contributed by atoms with Gasteiger partial charge in [-0.05, 0) is 12.3 Å². The number of rotatable bonds is 3. The van der Waals surface area contributed by atoms with Crippen LogP contribution in [0.25, 0.3) is 0 Å². The predicted molar refractivity (Wildman–Crippen MR) is 50.4 cm³/mol. The molecule has 2 N–H and O–H groups in total. The van der Waals surface area contributed by atoms with Gasteiger partial charge in [0, 0.05) is 0 Å². The Hall–Kier alpha value is -0.120. The molecule has 0 amide bonds. The highest BCUT2D eigenvalue weighted by Gasteiger charge is 2.42. The number of ether oxygens (including phenoxy) is 1. The van der Waals surface area contributed by atoms with Crippen molar-refractivity contribution in [1.82, 2.24) is 0 Å². The Balaban J connectivity index is 2.56. The van der Waals surface area contributed by atoms with E-state index in [0.29, 0.717) is 0 Å². The maximum absolute atomic E-state index is 9.65. The molecule has 13 heavy (non-hydrogen) atoms. The molecule has 0 radical (unpaired) electrons. The van der Waals surface area contributed by atoms with E-state index in [-0.39, 0.29) is 18.1 Å². The van der Waals surface area contributed by atoms with E-state index in [9.17, 15) is 10.2 Å². The maximum Gasteiger partial charge on any atom is 0.109 e. The lowest BCUT2D eigenvalue weighted by Gasteiger charge is -2.17. The maximum atomic E-state index is 9.65. The van der Waals surface area contributed by atoms with Gasteiger partial charge in [-0.15, -0.1) is 0 Å². The van der Waals surface area contributed by atoms with Crippen molar-refractivity contribution < 1.29 is 14.9 Å². The summed E-state index contributed by atoms with van der Waals surface area (Å²) in [4.78, 5) is 0. The zero-order valence-electron chi connectivity index (χ0n) is 8.60. The highest BCUT2D eigenvalue weighted by atomic mass is 16.5. The van der Waals surface area contributed by atoms with Crippen molar-refractivity contribution in [3.8, 4) is 0 Å². The summed E-state index contributed by atoms with van der Waals surface area (Å²) in [6.07, 6.45) is 0.00334. The number of hydrogen-bond donors (Lipinski definition) is 2. The number of aliphatic hydroxyl groups excluding tert-OH is 2. The summed E-state index contributed by atoms with van der Waals surface area (Å²) in [6, 6.07) is 0. The van der Waals surface area contributed by atoms with E-state index >= 15 is 0 Å². The second kappa shape index (κ2) is 4.40. The Kier molecular flexibility index (Phi) is 3.71. The van der Waals surface area contributed by atoms with Gasteiger partial charge in [0.2, 0.25) is 0 Å². The summed E-state index contributed by atoms with van der Waals surface area (Å²) < 4.78 is 5.59. The summed E-state index contributed by atoms with van der Waals surface area (Å²) in [5, 5.41) is 19.3. The average molecular weight is 188 g/mol. The van der Waals surface area contributed by atoms with Gasteiger partial charge in [0.25, 0.3) is 0 Å². The second-order valence-electron chi connectivity index (χ2n) is 4.15. The number of hydrogen-bond acceptors (Lipinski definition) is 3. The van der Waals surface area contributed by atoms with Crippen LogP contribution >= 0.6 is 0 Å². The van der Waals surface area contributed by atoms with Gasteiger partial charge < -0.3 is 14.9 Å². The predicted octanol–water partition coefficient (Wildman–Crippen LogP) is 0.932. The van der Waals surface area contributed by atoms with Gasteiger partial charge in [-0.3, -0.25) is 0 Å². The topological polar surface area (TPSA) is 49.7 Å². The van der Waals surface area contributed by atoms with Crippen LogP contribution in [0.3, 0.4) is 0 Å². The smallest absolute Gasteiger partial charge is 0.109 e. The Morgan fingerprint density at radius 3 is 2.23 bits per heavy atom. The molecule has 1 rings (SSSR count). The van der Waals surface area contributed by atoms with Crippen molar-refractivity contribution in [2.75, 3.05) is 0 Å². The van der Waals surface area contributed by atoms with E-state index in [1.54, 1.807) is 0 Å². The van der Waals surface area contributed by atoms with Crippen LogP contribution in [0.5, 0.6) is 0 Å². The quantitative estimate of drug-likeness (QED) is 0.692. The van der Waals surface area contributed by atoms with Gasteiger partial charge >= 0.3 is 0 Å². The van der Waals surface area contributed by atoms with Crippen LogP contribution in [0, 0.1) is 5.92 Å². The fraction of sp³-hybridized carbons (Fsp3) is 1.00. The lowest BCUT2D eigenvalue weighted by atomic mass is 9.98. The monoisotopic (exact) mass is 188 g/mol. The van der Waals surface area contributed by atoms with Gasteiger partial charge in [-0.25, -0.2) is 0 Å². The lowest BCUT2D eigenvalue weighted by Crippen LogP contribution is -2.34. The molecule has 4 atom stereocenters. The van der Waals surface area contributed by atoms with Crippen LogP contribution < -0.4 is 0 Å². The van der Waals surface area contributed by atoms with E-state index in [0.717, 1.165) is 12.8 Å². The average Bonchev–Trinajstić information content (AvgIpc) is 2.33. The minimum absolute atomic E-state index is 0.174. The minimum atomic E-state index is -0.712. The third-order valence-corrected chi connectivity index (χ3v) is 2.63. The molecule has 78 valence electrons. The van der Waals surface area contributed by atoms with Crippen LogP contribution in [0.15, 0.2) is 0 Å². The summed E-state index contributed by atoms with van der Waals surface area (Å²) in [5.74, 6) is 0.256. The van der Waals surface area contributed by atoms with Gasteiger partial charge in [0.05, 0.1) is 12.2 Å². The van der Waals surface area contributed by atoms with E-state index in [1.807, 2.05) is 20.8 Å². The van der Waals surface area contributed by atoms with Crippen molar-refractivity contribution in [3.05, 3.63) is 0 Å². The molecule has 1 fully saturated rings. The van der Waals surface area contributed by atoms with Crippen LogP contribution in [0.2, 0.25) is 0 Å². The molecule has 3 heteroatoms. The van der Waals surface area contributed by atoms with Gasteiger partial charge in [-0.2, -0.15) is 0 Å². The Morgan fingerprint density at radius 2 is 1.85 bits per heavy atom. The lowest BCUT2D eigenvalue weighted by molar-refractivity contribution is -0.0195. The molecule has 1 saturated heterocycles. The van der Waals surface area contributed by atoms with Crippen molar-refractivity contribution in [2.45, 2.75) is 58.0 Å². The van der Waals surface area contributed by atoms with Gasteiger partial charge in [0.15, 0.2) is 0 Å². The first-order valence-electron chi connectivity index (χ1n) is 5.09. The van der Waals surface area contributed by atoms with Crippen LogP contribution in [-0.4, -0.2) is 34.6 Å². The normalized spacial score (nSPS) is 40.2. The Morgan fingerprint density at radius 1 is 1.23 bits per heavy atom. The summed E-state index contributed by atoms with van der Waals surface area (Å²) >= 11 is 0. The fourth-order valence-electron chi connectivity index (χ4n) is 1.85. The second-order valence-corrected chi connectivity index (χ2v) is 4.15. The van der Waals surface area contributed by atoms with Crippen LogP contribution in [0.1, 0.15) is 33.6 Å². The summed E-state index contributed by atoms with van der Waals surface area (Å²) in [7, 11) is 0. The molecule has 4 unspecified atom stereocenters. The van der Waals surface area contributed by atoms with E-state index < -0.39 is 12.2 Å². The molecule has 0 aromatic rings. The standard InChI is InChI=1S/C10H20O3/c1-4-5-7-8(11)9(12)10(13-7)6(2)3/h6-12H,4-5H2,1-3H3. The molecule has 0 aromatic carbocycles. The largest absolute Gasteiger partial charge is 0.388 e. The van der Waals surface area contributed by atoms with Crippen molar-refractivity contribution in [2.24, 2.45) is 5.92 Å². The molecule has 3 nitrogen and oxygen atoms in total. The highest BCUT2D eigenvalue weighted by Crippen LogP contribution is 2.28. The van der Waals surface area contributed by atoms with Gasteiger partial charge in [-0.1, -0.05) is 27.2 Å².